The third kappa shape index (κ3) is 4.27. The van der Waals surface area contributed by atoms with Crippen molar-refractivity contribution < 1.29 is 4.79 Å². The van der Waals surface area contributed by atoms with Crippen LogP contribution in [0, 0.1) is 0 Å². The van der Waals surface area contributed by atoms with Crippen LogP contribution < -0.4 is 5.32 Å². The minimum Gasteiger partial charge on any atom is -0.370 e. The first-order valence-corrected chi connectivity index (χ1v) is 8.67. The molecule has 0 spiro atoms. The normalized spacial score (nSPS) is 22.2. The summed E-state index contributed by atoms with van der Waals surface area (Å²) < 4.78 is 0. The van der Waals surface area contributed by atoms with Gasteiger partial charge in [0.2, 0.25) is 0 Å². The maximum absolute atomic E-state index is 12.7. The van der Waals surface area contributed by atoms with Gasteiger partial charge in [-0.15, -0.1) is 0 Å². The molecule has 0 bridgehead atoms. The fraction of sp³-hybridized carbons (Fsp3) is 0.600. The molecule has 21 heavy (non-hydrogen) atoms. The lowest BCUT2D eigenvalue weighted by atomic mass is 10.2. The number of amides is 1. The smallest absolute Gasteiger partial charge is 0.255 e. The number of pyridine rings is 1. The van der Waals surface area contributed by atoms with Gasteiger partial charge in [-0.3, -0.25) is 4.79 Å². The van der Waals surface area contributed by atoms with Gasteiger partial charge in [-0.2, -0.15) is 11.8 Å². The number of anilines is 1. The molecular formula is C15H22ClN3OS. The summed E-state index contributed by atoms with van der Waals surface area (Å²) in [7, 11) is 0. The van der Waals surface area contributed by atoms with Crippen molar-refractivity contribution in [2.45, 2.75) is 37.7 Å². The second-order valence-electron chi connectivity index (χ2n) is 5.44. The van der Waals surface area contributed by atoms with Crippen LogP contribution in [0.15, 0.2) is 12.3 Å². The zero-order valence-corrected chi connectivity index (χ0v) is 14.3. The molecule has 0 radical (unpaired) electrons. The Kier molecular flexibility index (Phi) is 5.76. The van der Waals surface area contributed by atoms with E-state index in [1.165, 1.54) is 0 Å². The van der Waals surface area contributed by atoms with Gasteiger partial charge in [-0.05, 0) is 12.5 Å². The van der Waals surface area contributed by atoms with E-state index in [9.17, 15) is 4.79 Å². The lowest BCUT2D eigenvalue weighted by Crippen LogP contribution is -2.44. The molecule has 2 unspecified atom stereocenters. The lowest BCUT2D eigenvalue weighted by Gasteiger charge is -2.34. The topological polar surface area (TPSA) is 45.2 Å². The average Bonchev–Trinajstić information content (AvgIpc) is 2.44. The van der Waals surface area contributed by atoms with Crippen LogP contribution in [0.25, 0.3) is 0 Å². The Morgan fingerprint density at radius 2 is 2.14 bits per heavy atom. The van der Waals surface area contributed by atoms with Crippen LogP contribution in [-0.4, -0.2) is 45.9 Å². The highest BCUT2D eigenvalue weighted by atomic mass is 35.5. The third-order valence-electron chi connectivity index (χ3n) is 3.35. The molecule has 0 aromatic carbocycles. The van der Waals surface area contributed by atoms with E-state index in [-0.39, 0.29) is 5.91 Å². The molecule has 2 rings (SSSR count). The number of nitrogens with one attached hydrogen (secondary N) is 1. The minimum absolute atomic E-state index is 0.000878. The second kappa shape index (κ2) is 7.36. The van der Waals surface area contributed by atoms with Gasteiger partial charge in [0.25, 0.3) is 5.91 Å². The maximum atomic E-state index is 12.7. The van der Waals surface area contributed by atoms with Gasteiger partial charge in [0.15, 0.2) is 0 Å². The summed E-state index contributed by atoms with van der Waals surface area (Å²) >= 11 is 8.10. The Morgan fingerprint density at radius 3 is 2.76 bits per heavy atom. The van der Waals surface area contributed by atoms with E-state index in [1.807, 2.05) is 16.7 Å². The Balaban J connectivity index is 2.17. The predicted molar refractivity (Wildman–Crippen MR) is 90.4 cm³/mol. The summed E-state index contributed by atoms with van der Waals surface area (Å²) in [5.41, 5.74) is 0.538. The van der Waals surface area contributed by atoms with Crippen LogP contribution in [0.2, 0.25) is 5.02 Å². The van der Waals surface area contributed by atoms with Gasteiger partial charge < -0.3 is 10.2 Å². The Labute approximate surface area is 135 Å². The van der Waals surface area contributed by atoms with Crippen molar-refractivity contribution >= 4 is 35.1 Å². The highest BCUT2D eigenvalue weighted by molar-refractivity contribution is 8.00. The number of thioether (sulfide) groups is 1. The number of carbonyl (C=O) groups excluding carboxylic acids is 1. The van der Waals surface area contributed by atoms with Crippen molar-refractivity contribution in [1.82, 2.24) is 9.88 Å². The molecule has 1 fully saturated rings. The lowest BCUT2D eigenvalue weighted by molar-refractivity contribution is 0.0753. The number of carbonyl (C=O) groups is 1. The van der Waals surface area contributed by atoms with Crippen molar-refractivity contribution in [3.8, 4) is 0 Å². The Morgan fingerprint density at radius 1 is 1.48 bits per heavy atom. The molecular weight excluding hydrogens is 306 g/mol. The molecule has 6 heteroatoms. The van der Waals surface area contributed by atoms with Crippen LogP contribution in [0.1, 0.15) is 37.6 Å². The first-order valence-electron chi connectivity index (χ1n) is 7.35. The first-order chi connectivity index (χ1) is 10.0. The Bertz CT molecular complexity index is 502. The largest absolute Gasteiger partial charge is 0.370 e. The van der Waals surface area contributed by atoms with E-state index in [1.54, 1.807) is 12.3 Å². The fourth-order valence-electron chi connectivity index (χ4n) is 2.47. The van der Waals surface area contributed by atoms with Crippen LogP contribution in [0.5, 0.6) is 0 Å². The van der Waals surface area contributed by atoms with Gasteiger partial charge in [-0.1, -0.05) is 32.4 Å². The van der Waals surface area contributed by atoms with Gasteiger partial charge in [-0.25, -0.2) is 4.98 Å². The van der Waals surface area contributed by atoms with Gasteiger partial charge >= 0.3 is 0 Å². The van der Waals surface area contributed by atoms with Crippen molar-refractivity contribution in [2.75, 3.05) is 25.0 Å². The van der Waals surface area contributed by atoms with Crippen LogP contribution in [-0.2, 0) is 0 Å². The molecule has 1 aromatic heterocycles. The number of aromatic nitrogens is 1. The summed E-state index contributed by atoms with van der Waals surface area (Å²) in [6.45, 7) is 8.76. The quantitative estimate of drug-likeness (QED) is 0.919. The third-order valence-corrected chi connectivity index (χ3v) is 4.88. The SMILES string of the molecule is CCCNc1cc(C(=O)N2CC(C)SC(C)C2)c(Cl)cn1. The molecule has 116 valence electrons. The number of hydrogen-bond acceptors (Lipinski definition) is 4. The summed E-state index contributed by atoms with van der Waals surface area (Å²) in [4.78, 5) is 18.8. The average molecular weight is 328 g/mol. The highest BCUT2D eigenvalue weighted by Crippen LogP contribution is 2.27. The molecule has 1 saturated heterocycles. The van der Waals surface area contributed by atoms with Crippen LogP contribution in [0.3, 0.4) is 0 Å². The molecule has 1 aliphatic heterocycles. The molecule has 1 amide bonds. The molecule has 0 saturated carbocycles. The second-order valence-corrected chi connectivity index (χ2v) is 7.73. The van der Waals surface area contributed by atoms with E-state index in [4.69, 9.17) is 11.6 Å². The van der Waals surface area contributed by atoms with E-state index < -0.39 is 0 Å². The molecule has 4 nitrogen and oxygen atoms in total. The highest BCUT2D eigenvalue weighted by Gasteiger charge is 2.27. The molecule has 2 atom stereocenters. The Hall–Kier alpha value is -0.940. The molecule has 0 aliphatic carbocycles. The van der Waals surface area contributed by atoms with Crippen molar-refractivity contribution in [3.63, 3.8) is 0 Å². The standard InChI is InChI=1S/C15H22ClN3OS/c1-4-5-17-14-6-12(13(16)7-18-14)15(20)19-8-10(2)21-11(3)9-19/h6-7,10-11H,4-5,8-9H2,1-3H3,(H,17,18). The monoisotopic (exact) mass is 327 g/mol. The molecule has 1 aromatic rings. The zero-order chi connectivity index (χ0) is 15.4. The van der Waals surface area contributed by atoms with Crippen molar-refractivity contribution in [2.24, 2.45) is 0 Å². The van der Waals surface area contributed by atoms with E-state index in [2.05, 4.69) is 31.1 Å². The number of nitrogens with zero attached hydrogens (tertiary/aromatic N) is 2. The summed E-state index contributed by atoms with van der Waals surface area (Å²) in [6.07, 6.45) is 2.56. The van der Waals surface area contributed by atoms with E-state index in [0.29, 0.717) is 26.9 Å². The summed E-state index contributed by atoms with van der Waals surface area (Å²) in [5, 5.41) is 4.52. The molecule has 2 heterocycles. The van der Waals surface area contributed by atoms with Gasteiger partial charge in [0.1, 0.15) is 5.82 Å². The number of halogens is 1. The van der Waals surface area contributed by atoms with Crippen LogP contribution in [0.4, 0.5) is 5.82 Å². The van der Waals surface area contributed by atoms with Crippen molar-refractivity contribution in [1.29, 1.82) is 0 Å². The first kappa shape index (κ1) is 16.4. The number of rotatable bonds is 4. The number of hydrogen-bond donors (Lipinski definition) is 1. The van der Waals surface area contributed by atoms with Gasteiger partial charge in [0.05, 0.1) is 10.6 Å². The maximum Gasteiger partial charge on any atom is 0.255 e. The van der Waals surface area contributed by atoms with Crippen LogP contribution >= 0.6 is 23.4 Å². The fourth-order valence-corrected chi connectivity index (χ4v) is 3.98. The van der Waals surface area contributed by atoms with Crippen molar-refractivity contribution in [3.05, 3.63) is 22.8 Å². The summed E-state index contributed by atoms with van der Waals surface area (Å²) in [5.74, 6) is 0.707. The zero-order valence-electron chi connectivity index (χ0n) is 12.7. The summed E-state index contributed by atoms with van der Waals surface area (Å²) in [6, 6.07) is 1.76. The molecule has 1 aliphatic rings. The molecule has 1 N–H and O–H groups in total. The van der Waals surface area contributed by atoms with Gasteiger partial charge in [0, 0.05) is 36.3 Å². The predicted octanol–water partition coefficient (Wildman–Crippen LogP) is 3.52. The van der Waals surface area contributed by atoms with E-state index in [0.717, 1.165) is 26.1 Å². The minimum atomic E-state index is 0.000878. The van der Waals surface area contributed by atoms with E-state index >= 15 is 0 Å².